The average molecular weight is 362 g/mol. The van der Waals surface area contributed by atoms with Crippen LogP contribution in [0.3, 0.4) is 0 Å². The molecule has 7 nitrogen and oxygen atoms in total. The van der Waals surface area contributed by atoms with Gasteiger partial charge >= 0.3 is 0 Å². The summed E-state index contributed by atoms with van der Waals surface area (Å²) in [5, 5.41) is 3.28. The Bertz CT molecular complexity index is 928. The van der Waals surface area contributed by atoms with Gasteiger partial charge in [0.25, 0.3) is 0 Å². The van der Waals surface area contributed by atoms with Gasteiger partial charge in [-0.1, -0.05) is 0 Å². The molecule has 0 saturated carbocycles. The van der Waals surface area contributed by atoms with Gasteiger partial charge in [-0.15, -0.1) is 0 Å². The monoisotopic (exact) mass is 362 g/mol. The number of fused-ring (bicyclic) bond motifs is 1. The van der Waals surface area contributed by atoms with Gasteiger partial charge in [-0.25, -0.2) is 15.0 Å². The molecule has 138 valence electrons. The first kappa shape index (κ1) is 17.2. The number of hydrogen-bond acceptors (Lipinski definition) is 7. The molecule has 0 atom stereocenters. The van der Waals surface area contributed by atoms with Crippen LogP contribution in [0.4, 0.5) is 11.6 Å². The van der Waals surface area contributed by atoms with E-state index in [4.69, 9.17) is 4.74 Å². The van der Waals surface area contributed by atoms with E-state index in [1.165, 1.54) is 0 Å². The van der Waals surface area contributed by atoms with E-state index in [2.05, 4.69) is 30.2 Å². The molecule has 3 aromatic rings. The fourth-order valence-electron chi connectivity index (χ4n) is 3.03. The molecule has 0 bridgehead atoms. The molecule has 0 spiro atoms. The van der Waals surface area contributed by atoms with Crippen LogP contribution in [0.15, 0.2) is 43.0 Å². The number of rotatable bonds is 5. The van der Waals surface area contributed by atoms with Gasteiger partial charge in [-0.05, 0) is 31.5 Å². The van der Waals surface area contributed by atoms with Crippen LogP contribution in [0.2, 0.25) is 0 Å². The molecule has 0 saturated heterocycles. The summed E-state index contributed by atoms with van der Waals surface area (Å²) in [6.07, 6.45) is 6.11. The molecule has 0 aromatic carbocycles. The number of likely N-dealkylation sites (N-methyl/N-ethyl adjacent to an activating group) is 1. The number of nitrogens with one attached hydrogen (secondary N) is 1. The highest BCUT2D eigenvalue weighted by Gasteiger charge is 2.16. The summed E-state index contributed by atoms with van der Waals surface area (Å²) in [4.78, 5) is 19.6. The summed E-state index contributed by atoms with van der Waals surface area (Å²) in [5.74, 6) is 2.58. The number of ether oxygens (including phenoxy) is 1. The predicted octanol–water partition coefficient (Wildman–Crippen LogP) is 2.73. The van der Waals surface area contributed by atoms with E-state index >= 15 is 0 Å². The number of anilines is 2. The lowest BCUT2D eigenvalue weighted by Gasteiger charge is -2.22. The molecule has 4 rings (SSSR count). The summed E-state index contributed by atoms with van der Waals surface area (Å²) < 4.78 is 5.80. The van der Waals surface area contributed by atoms with Crippen molar-refractivity contribution in [3.8, 4) is 17.0 Å². The zero-order chi connectivity index (χ0) is 18.6. The van der Waals surface area contributed by atoms with E-state index in [0.717, 1.165) is 59.4 Å². The Labute approximate surface area is 158 Å². The Kier molecular flexibility index (Phi) is 4.82. The Hall–Kier alpha value is -3.22. The third kappa shape index (κ3) is 3.81. The molecule has 3 aromatic heterocycles. The molecular formula is C20H22N6O. The number of nitrogens with zero attached hydrogens (tertiary/aromatic N) is 5. The Balaban J connectivity index is 1.48. The molecule has 0 amide bonds. The van der Waals surface area contributed by atoms with Crippen LogP contribution in [-0.2, 0) is 6.42 Å². The van der Waals surface area contributed by atoms with Crippen molar-refractivity contribution >= 4 is 11.6 Å². The first-order valence-corrected chi connectivity index (χ1v) is 9.01. The van der Waals surface area contributed by atoms with E-state index in [1.54, 1.807) is 6.33 Å². The minimum atomic E-state index is 0.668. The Morgan fingerprint density at radius 3 is 2.93 bits per heavy atom. The molecule has 0 aliphatic carbocycles. The van der Waals surface area contributed by atoms with Crippen molar-refractivity contribution in [2.75, 3.05) is 37.0 Å². The molecule has 0 radical (unpaired) electrons. The van der Waals surface area contributed by atoms with Crippen molar-refractivity contribution in [3.63, 3.8) is 0 Å². The Morgan fingerprint density at radius 1 is 1.15 bits per heavy atom. The maximum atomic E-state index is 5.80. The van der Waals surface area contributed by atoms with Gasteiger partial charge in [0.1, 0.15) is 18.8 Å². The second-order valence-corrected chi connectivity index (χ2v) is 6.54. The predicted molar refractivity (Wildman–Crippen MR) is 105 cm³/mol. The average Bonchev–Trinajstić information content (AvgIpc) is 2.72. The van der Waals surface area contributed by atoms with Crippen LogP contribution in [-0.4, -0.2) is 46.7 Å². The number of pyridine rings is 2. The molecule has 4 heterocycles. The van der Waals surface area contributed by atoms with Crippen LogP contribution < -0.4 is 15.0 Å². The molecular weight excluding hydrogens is 340 g/mol. The van der Waals surface area contributed by atoms with Crippen molar-refractivity contribution in [1.82, 2.24) is 19.9 Å². The van der Waals surface area contributed by atoms with Crippen molar-refractivity contribution in [3.05, 3.63) is 54.2 Å². The van der Waals surface area contributed by atoms with Gasteiger partial charge in [-0.2, -0.15) is 0 Å². The van der Waals surface area contributed by atoms with E-state index in [1.807, 2.05) is 50.6 Å². The second-order valence-electron chi connectivity index (χ2n) is 6.54. The molecule has 7 heteroatoms. The van der Waals surface area contributed by atoms with Crippen LogP contribution in [0.5, 0.6) is 5.75 Å². The molecule has 0 unspecified atom stereocenters. The van der Waals surface area contributed by atoms with Crippen LogP contribution in [0, 0.1) is 6.92 Å². The van der Waals surface area contributed by atoms with Crippen molar-refractivity contribution in [2.45, 2.75) is 13.3 Å². The third-order valence-electron chi connectivity index (χ3n) is 4.59. The van der Waals surface area contributed by atoms with Gasteiger partial charge in [0.15, 0.2) is 11.6 Å². The lowest BCUT2D eigenvalue weighted by atomic mass is 10.1. The van der Waals surface area contributed by atoms with Gasteiger partial charge in [0, 0.05) is 48.9 Å². The SMILES string of the molecule is Cc1ccc(-c2cc(N(C)CCc3ccnc4c3OCCN4)ncn2)cn1. The molecule has 0 fully saturated rings. The van der Waals surface area contributed by atoms with E-state index in [0.29, 0.717) is 6.61 Å². The van der Waals surface area contributed by atoms with Crippen molar-refractivity contribution in [2.24, 2.45) is 0 Å². The minimum Gasteiger partial charge on any atom is -0.488 e. The Morgan fingerprint density at radius 2 is 2.07 bits per heavy atom. The van der Waals surface area contributed by atoms with Gasteiger partial charge in [-0.3, -0.25) is 4.98 Å². The van der Waals surface area contributed by atoms with Crippen LogP contribution >= 0.6 is 0 Å². The highest BCUT2D eigenvalue weighted by atomic mass is 16.5. The first-order chi connectivity index (χ1) is 13.2. The van der Waals surface area contributed by atoms with E-state index in [9.17, 15) is 0 Å². The zero-order valence-electron chi connectivity index (χ0n) is 15.5. The van der Waals surface area contributed by atoms with Crippen molar-refractivity contribution in [1.29, 1.82) is 0 Å². The van der Waals surface area contributed by atoms with Gasteiger partial charge < -0.3 is 15.0 Å². The lowest BCUT2D eigenvalue weighted by molar-refractivity contribution is 0.318. The van der Waals surface area contributed by atoms with Gasteiger partial charge in [0.2, 0.25) is 0 Å². The maximum Gasteiger partial charge on any atom is 0.169 e. The summed E-state index contributed by atoms with van der Waals surface area (Å²) in [7, 11) is 2.03. The summed E-state index contributed by atoms with van der Waals surface area (Å²) >= 11 is 0. The highest BCUT2D eigenvalue weighted by Crippen LogP contribution is 2.29. The number of aromatic nitrogens is 4. The molecule has 27 heavy (non-hydrogen) atoms. The van der Waals surface area contributed by atoms with Crippen LogP contribution in [0.1, 0.15) is 11.3 Å². The third-order valence-corrected chi connectivity index (χ3v) is 4.59. The number of hydrogen-bond donors (Lipinski definition) is 1. The van der Waals surface area contributed by atoms with E-state index in [-0.39, 0.29) is 0 Å². The summed E-state index contributed by atoms with van der Waals surface area (Å²) in [6, 6.07) is 8.03. The topological polar surface area (TPSA) is 76.1 Å². The first-order valence-electron chi connectivity index (χ1n) is 9.01. The highest BCUT2D eigenvalue weighted by molar-refractivity contribution is 5.61. The van der Waals surface area contributed by atoms with E-state index < -0.39 is 0 Å². The second kappa shape index (κ2) is 7.57. The maximum absolute atomic E-state index is 5.80. The van der Waals surface area contributed by atoms with Gasteiger partial charge in [0.05, 0.1) is 12.2 Å². The fraction of sp³-hybridized carbons (Fsp3) is 0.300. The quantitative estimate of drug-likeness (QED) is 0.748. The standard InChI is InChI=1S/C20H22N6O/c1-14-3-4-16(12-23-14)17-11-18(25-13-24-17)26(2)9-6-15-5-7-21-20-19(15)27-10-8-22-20/h3-5,7,11-13H,6,8-10H2,1-2H3,(H,21,22). The fourth-order valence-corrected chi connectivity index (χ4v) is 3.03. The summed E-state index contributed by atoms with van der Waals surface area (Å²) in [6.45, 7) is 4.24. The molecule has 1 aliphatic heterocycles. The zero-order valence-corrected chi connectivity index (χ0v) is 15.5. The lowest BCUT2D eigenvalue weighted by Crippen LogP contribution is -2.23. The molecule has 1 aliphatic rings. The van der Waals surface area contributed by atoms with Crippen LogP contribution in [0.25, 0.3) is 11.3 Å². The van der Waals surface area contributed by atoms with Crippen molar-refractivity contribution < 1.29 is 4.74 Å². The molecule has 1 N–H and O–H groups in total. The number of aryl methyl sites for hydroxylation is 1. The smallest absolute Gasteiger partial charge is 0.169 e. The minimum absolute atomic E-state index is 0.668. The summed E-state index contributed by atoms with van der Waals surface area (Å²) in [5.41, 5.74) is 3.99. The largest absolute Gasteiger partial charge is 0.488 e. The normalized spacial score (nSPS) is 12.7.